The molecule has 2 rings (SSSR count). The fourth-order valence-electron chi connectivity index (χ4n) is 2.07. The average molecular weight is 264 g/mol. The predicted molar refractivity (Wildman–Crippen MR) is 74.7 cm³/mol. The fraction of sp³-hybridized carbons (Fsp3) is 0.357. The molecule has 0 fully saturated rings. The van der Waals surface area contributed by atoms with E-state index in [2.05, 4.69) is 29.6 Å². The first kappa shape index (κ1) is 13.1. The fourth-order valence-corrected chi connectivity index (χ4v) is 2.28. The Bertz CT molecular complexity index is 534. The lowest BCUT2D eigenvalue weighted by Crippen LogP contribution is -2.18. The molecule has 0 aliphatic carbocycles. The van der Waals surface area contributed by atoms with Crippen molar-refractivity contribution in [1.29, 1.82) is 0 Å². The van der Waals surface area contributed by atoms with Crippen molar-refractivity contribution in [2.75, 3.05) is 0 Å². The van der Waals surface area contributed by atoms with Gasteiger partial charge in [-0.2, -0.15) is 5.10 Å². The van der Waals surface area contributed by atoms with Gasteiger partial charge in [0.2, 0.25) is 0 Å². The van der Waals surface area contributed by atoms with Crippen LogP contribution in [0.15, 0.2) is 30.5 Å². The van der Waals surface area contributed by atoms with Crippen LogP contribution in [0.1, 0.15) is 29.8 Å². The lowest BCUT2D eigenvalue weighted by Gasteiger charge is -2.13. The number of benzene rings is 1. The van der Waals surface area contributed by atoms with E-state index in [9.17, 15) is 0 Å². The van der Waals surface area contributed by atoms with E-state index in [1.165, 1.54) is 11.1 Å². The van der Waals surface area contributed by atoms with E-state index in [1.807, 2.05) is 36.9 Å². The molecule has 1 N–H and O–H groups in total. The molecule has 1 heterocycles. The molecule has 96 valence electrons. The summed E-state index contributed by atoms with van der Waals surface area (Å²) in [5, 5.41) is 8.62. The molecule has 0 saturated heterocycles. The van der Waals surface area contributed by atoms with E-state index in [1.54, 1.807) is 0 Å². The second-order valence-corrected chi connectivity index (χ2v) is 5.01. The summed E-state index contributed by atoms with van der Waals surface area (Å²) in [6, 6.07) is 8.19. The number of aryl methyl sites for hydroxylation is 2. The first-order chi connectivity index (χ1) is 8.56. The van der Waals surface area contributed by atoms with Gasteiger partial charge >= 0.3 is 0 Å². The molecule has 0 aliphatic heterocycles. The van der Waals surface area contributed by atoms with Gasteiger partial charge in [-0.15, -0.1) is 0 Å². The zero-order chi connectivity index (χ0) is 13.1. The SMILES string of the molecule is Cc1nn(C)cc1C(C)NCc1cccc(Cl)c1. The maximum absolute atomic E-state index is 5.96. The molecule has 0 bridgehead atoms. The highest BCUT2D eigenvalue weighted by molar-refractivity contribution is 6.30. The first-order valence-corrected chi connectivity index (χ1v) is 6.42. The van der Waals surface area contributed by atoms with Gasteiger partial charge in [0, 0.05) is 36.4 Å². The zero-order valence-corrected chi connectivity index (χ0v) is 11.7. The maximum Gasteiger partial charge on any atom is 0.0641 e. The Balaban J connectivity index is 2.00. The highest BCUT2D eigenvalue weighted by Gasteiger charge is 2.10. The summed E-state index contributed by atoms with van der Waals surface area (Å²) in [6.07, 6.45) is 2.06. The number of halogens is 1. The molecule has 0 saturated carbocycles. The molecular weight excluding hydrogens is 246 g/mol. The maximum atomic E-state index is 5.96. The second kappa shape index (κ2) is 5.55. The van der Waals surface area contributed by atoms with Gasteiger partial charge in [-0.05, 0) is 31.5 Å². The third-order valence-corrected chi connectivity index (χ3v) is 3.25. The van der Waals surface area contributed by atoms with Gasteiger partial charge in [0.25, 0.3) is 0 Å². The summed E-state index contributed by atoms with van der Waals surface area (Å²) in [5.74, 6) is 0. The van der Waals surface area contributed by atoms with Gasteiger partial charge in [-0.1, -0.05) is 23.7 Å². The highest BCUT2D eigenvalue weighted by Crippen LogP contribution is 2.17. The van der Waals surface area contributed by atoms with Crippen molar-refractivity contribution in [2.45, 2.75) is 26.4 Å². The highest BCUT2D eigenvalue weighted by atomic mass is 35.5. The molecule has 1 aromatic heterocycles. The van der Waals surface area contributed by atoms with Gasteiger partial charge in [-0.25, -0.2) is 0 Å². The Morgan fingerprint density at radius 2 is 2.22 bits per heavy atom. The minimum Gasteiger partial charge on any atom is -0.306 e. The van der Waals surface area contributed by atoms with Gasteiger partial charge in [0.05, 0.1) is 5.69 Å². The average Bonchev–Trinajstić information content (AvgIpc) is 2.66. The summed E-state index contributed by atoms with van der Waals surface area (Å²) >= 11 is 5.96. The summed E-state index contributed by atoms with van der Waals surface area (Å²) in [7, 11) is 1.94. The Hall–Kier alpha value is -1.32. The molecule has 0 spiro atoms. The molecule has 4 heteroatoms. The van der Waals surface area contributed by atoms with E-state index in [0.717, 1.165) is 17.3 Å². The third kappa shape index (κ3) is 3.12. The van der Waals surface area contributed by atoms with Crippen molar-refractivity contribution in [3.63, 3.8) is 0 Å². The van der Waals surface area contributed by atoms with E-state index in [0.29, 0.717) is 0 Å². The molecule has 1 aromatic carbocycles. The van der Waals surface area contributed by atoms with E-state index in [-0.39, 0.29) is 6.04 Å². The van der Waals surface area contributed by atoms with Crippen LogP contribution in [-0.2, 0) is 13.6 Å². The van der Waals surface area contributed by atoms with Crippen molar-refractivity contribution >= 4 is 11.6 Å². The Morgan fingerprint density at radius 1 is 1.44 bits per heavy atom. The molecule has 3 nitrogen and oxygen atoms in total. The summed E-state index contributed by atoms with van der Waals surface area (Å²) in [5.41, 5.74) is 3.50. The second-order valence-electron chi connectivity index (χ2n) is 4.58. The lowest BCUT2D eigenvalue weighted by molar-refractivity contribution is 0.572. The Morgan fingerprint density at radius 3 is 2.83 bits per heavy atom. The topological polar surface area (TPSA) is 29.9 Å². The standard InChI is InChI=1S/C14H18ClN3/c1-10(14-9-18(3)17-11(14)2)16-8-12-5-4-6-13(15)7-12/h4-7,9-10,16H,8H2,1-3H3. The number of hydrogen-bond acceptors (Lipinski definition) is 2. The Kier molecular flexibility index (Phi) is 4.04. The van der Waals surface area contributed by atoms with Crippen molar-refractivity contribution in [2.24, 2.45) is 7.05 Å². The van der Waals surface area contributed by atoms with Crippen LogP contribution in [0.4, 0.5) is 0 Å². The van der Waals surface area contributed by atoms with Crippen LogP contribution in [0, 0.1) is 6.92 Å². The van der Waals surface area contributed by atoms with Gasteiger partial charge < -0.3 is 5.32 Å². The lowest BCUT2D eigenvalue weighted by atomic mass is 10.1. The van der Waals surface area contributed by atoms with Crippen LogP contribution >= 0.6 is 11.6 Å². The van der Waals surface area contributed by atoms with Gasteiger partial charge in [-0.3, -0.25) is 4.68 Å². The van der Waals surface area contributed by atoms with E-state index >= 15 is 0 Å². The van der Waals surface area contributed by atoms with Crippen LogP contribution in [0.25, 0.3) is 0 Å². The molecule has 0 radical (unpaired) electrons. The third-order valence-electron chi connectivity index (χ3n) is 3.02. The summed E-state index contributed by atoms with van der Waals surface area (Å²) in [4.78, 5) is 0. The van der Waals surface area contributed by atoms with Crippen LogP contribution in [0.3, 0.4) is 0 Å². The molecule has 18 heavy (non-hydrogen) atoms. The van der Waals surface area contributed by atoms with Crippen molar-refractivity contribution in [3.05, 3.63) is 52.3 Å². The van der Waals surface area contributed by atoms with Crippen LogP contribution in [-0.4, -0.2) is 9.78 Å². The minimum atomic E-state index is 0.276. The van der Waals surface area contributed by atoms with Crippen LogP contribution in [0.2, 0.25) is 5.02 Å². The smallest absolute Gasteiger partial charge is 0.0641 e. The van der Waals surface area contributed by atoms with Crippen molar-refractivity contribution in [1.82, 2.24) is 15.1 Å². The Labute approximate surface area is 113 Å². The zero-order valence-electron chi connectivity index (χ0n) is 10.9. The molecule has 0 amide bonds. The number of hydrogen-bond donors (Lipinski definition) is 1. The number of rotatable bonds is 4. The molecule has 1 unspecified atom stereocenters. The van der Waals surface area contributed by atoms with Crippen molar-refractivity contribution < 1.29 is 0 Å². The van der Waals surface area contributed by atoms with E-state index < -0.39 is 0 Å². The van der Waals surface area contributed by atoms with Gasteiger partial charge in [0.1, 0.15) is 0 Å². The molecule has 0 aliphatic rings. The largest absolute Gasteiger partial charge is 0.306 e. The normalized spacial score (nSPS) is 12.7. The van der Waals surface area contributed by atoms with Crippen LogP contribution in [0.5, 0.6) is 0 Å². The minimum absolute atomic E-state index is 0.276. The van der Waals surface area contributed by atoms with Gasteiger partial charge in [0.15, 0.2) is 0 Å². The molecule has 2 aromatic rings. The number of nitrogens with one attached hydrogen (secondary N) is 1. The van der Waals surface area contributed by atoms with E-state index in [4.69, 9.17) is 11.6 Å². The number of nitrogens with zero attached hydrogens (tertiary/aromatic N) is 2. The molecular formula is C14H18ClN3. The summed E-state index contributed by atoms with van der Waals surface area (Å²) < 4.78 is 1.85. The predicted octanol–water partition coefficient (Wildman–Crippen LogP) is 3.23. The number of aromatic nitrogens is 2. The van der Waals surface area contributed by atoms with Crippen molar-refractivity contribution in [3.8, 4) is 0 Å². The summed E-state index contributed by atoms with van der Waals surface area (Å²) in [6.45, 7) is 4.98. The first-order valence-electron chi connectivity index (χ1n) is 6.04. The molecule has 1 atom stereocenters. The monoisotopic (exact) mass is 263 g/mol. The van der Waals surface area contributed by atoms with Crippen LogP contribution < -0.4 is 5.32 Å². The quantitative estimate of drug-likeness (QED) is 0.918.